The highest BCUT2D eigenvalue weighted by Crippen LogP contribution is 2.26. The molecule has 0 bridgehead atoms. The third kappa shape index (κ3) is 4.13. The largest absolute Gasteiger partial charge is 0.504 e. The van der Waals surface area contributed by atoms with E-state index in [4.69, 9.17) is 4.74 Å². The summed E-state index contributed by atoms with van der Waals surface area (Å²) >= 11 is 0. The van der Waals surface area contributed by atoms with Gasteiger partial charge in [-0.2, -0.15) is 0 Å². The van der Waals surface area contributed by atoms with Crippen molar-refractivity contribution in [2.24, 2.45) is 0 Å². The molecule has 0 saturated heterocycles. The highest BCUT2D eigenvalue weighted by Gasteiger charge is 2.01. The maximum Gasteiger partial charge on any atom is 0.160 e. The Hall–Kier alpha value is -1.18. The van der Waals surface area contributed by atoms with Crippen LogP contribution in [0.5, 0.6) is 11.5 Å². The number of methoxy groups -OCH3 is 1. The van der Waals surface area contributed by atoms with Crippen LogP contribution in [0.25, 0.3) is 0 Å². The Morgan fingerprint density at radius 1 is 1.12 bits per heavy atom. The lowest BCUT2D eigenvalue weighted by Crippen LogP contribution is -1.88. The minimum absolute atomic E-state index is 0.244. The summed E-state index contributed by atoms with van der Waals surface area (Å²) in [6.45, 7) is 2.22. The maximum absolute atomic E-state index is 9.61. The predicted octanol–water partition coefficient (Wildman–Crippen LogP) is 3.91. The van der Waals surface area contributed by atoms with E-state index in [0.29, 0.717) is 5.75 Å². The zero-order valence-electron chi connectivity index (χ0n) is 10.3. The molecule has 1 aromatic rings. The Labute approximate surface area is 98.3 Å². The molecule has 2 nitrogen and oxygen atoms in total. The quantitative estimate of drug-likeness (QED) is 0.709. The molecule has 0 aliphatic carbocycles. The molecule has 0 aliphatic heterocycles. The van der Waals surface area contributed by atoms with Gasteiger partial charge in [0, 0.05) is 0 Å². The smallest absolute Gasteiger partial charge is 0.160 e. The highest BCUT2D eigenvalue weighted by atomic mass is 16.5. The summed E-state index contributed by atoms with van der Waals surface area (Å²) in [5.41, 5.74) is 1.19. The number of phenolic OH excluding ortho intramolecular Hbond substituents is 1. The Morgan fingerprint density at radius 2 is 1.88 bits per heavy atom. The van der Waals surface area contributed by atoms with E-state index in [1.54, 1.807) is 13.2 Å². The van der Waals surface area contributed by atoms with Gasteiger partial charge in [0.2, 0.25) is 0 Å². The van der Waals surface area contributed by atoms with Gasteiger partial charge in [0.05, 0.1) is 7.11 Å². The normalized spacial score (nSPS) is 10.4. The van der Waals surface area contributed by atoms with Gasteiger partial charge in [0.15, 0.2) is 11.5 Å². The van der Waals surface area contributed by atoms with Gasteiger partial charge < -0.3 is 9.84 Å². The molecular formula is C14H22O2. The van der Waals surface area contributed by atoms with E-state index in [-0.39, 0.29) is 5.75 Å². The second kappa shape index (κ2) is 7.15. The number of hydrogen-bond donors (Lipinski definition) is 1. The summed E-state index contributed by atoms with van der Waals surface area (Å²) in [6.07, 6.45) is 7.45. The topological polar surface area (TPSA) is 29.5 Å². The first kappa shape index (κ1) is 12.9. The van der Waals surface area contributed by atoms with Crippen LogP contribution in [0, 0.1) is 0 Å². The van der Waals surface area contributed by atoms with Crippen LogP contribution in [0.1, 0.15) is 44.6 Å². The van der Waals surface area contributed by atoms with Gasteiger partial charge in [-0.15, -0.1) is 0 Å². The van der Waals surface area contributed by atoms with Gasteiger partial charge in [-0.25, -0.2) is 0 Å². The molecule has 90 valence electrons. The zero-order chi connectivity index (χ0) is 11.8. The first-order chi connectivity index (χ1) is 7.77. The van der Waals surface area contributed by atoms with Crippen molar-refractivity contribution in [2.75, 3.05) is 7.11 Å². The van der Waals surface area contributed by atoms with E-state index in [9.17, 15) is 5.11 Å². The van der Waals surface area contributed by atoms with Gasteiger partial charge >= 0.3 is 0 Å². The maximum atomic E-state index is 9.61. The fraction of sp³-hybridized carbons (Fsp3) is 0.571. The van der Waals surface area contributed by atoms with E-state index in [1.807, 2.05) is 12.1 Å². The molecule has 1 rings (SSSR count). The van der Waals surface area contributed by atoms with Crippen molar-refractivity contribution in [1.82, 2.24) is 0 Å². The van der Waals surface area contributed by atoms with Crippen molar-refractivity contribution in [3.63, 3.8) is 0 Å². The Bertz CT molecular complexity index is 308. The van der Waals surface area contributed by atoms with E-state index in [1.165, 1.54) is 37.7 Å². The van der Waals surface area contributed by atoms with Gasteiger partial charge in [0.1, 0.15) is 0 Å². The highest BCUT2D eigenvalue weighted by molar-refractivity contribution is 5.41. The summed E-state index contributed by atoms with van der Waals surface area (Å²) in [4.78, 5) is 0. The first-order valence-electron chi connectivity index (χ1n) is 6.13. The SMILES string of the molecule is CCCCCCCc1ccc(OC)c(O)c1. The van der Waals surface area contributed by atoms with Gasteiger partial charge in [-0.1, -0.05) is 38.7 Å². The van der Waals surface area contributed by atoms with Crippen molar-refractivity contribution < 1.29 is 9.84 Å². The van der Waals surface area contributed by atoms with Gasteiger partial charge in [0.25, 0.3) is 0 Å². The number of ether oxygens (including phenoxy) is 1. The molecule has 0 unspecified atom stereocenters. The standard InChI is InChI=1S/C14H22O2/c1-3-4-5-6-7-8-12-9-10-14(16-2)13(15)11-12/h9-11,15H,3-8H2,1-2H3. The fourth-order valence-electron chi connectivity index (χ4n) is 1.82. The van der Waals surface area contributed by atoms with Crippen LogP contribution in [0.15, 0.2) is 18.2 Å². The summed E-state index contributed by atoms with van der Waals surface area (Å²) in [5, 5.41) is 9.61. The van der Waals surface area contributed by atoms with Crippen molar-refractivity contribution in [2.45, 2.75) is 45.4 Å². The average Bonchev–Trinajstić information content (AvgIpc) is 2.29. The Morgan fingerprint density at radius 3 is 2.50 bits per heavy atom. The van der Waals surface area contributed by atoms with Crippen molar-refractivity contribution in [3.05, 3.63) is 23.8 Å². The van der Waals surface area contributed by atoms with Crippen LogP contribution in [-0.4, -0.2) is 12.2 Å². The van der Waals surface area contributed by atoms with Gasteiger partial charge in [-0.05, 0) is 30.5 Å². The molecule has 0 aliphatic rings. The predicted molar refractivity (Wildman–Crippen MR) is 67.1 cm³/mol. The van der Waals surface area contributed by atoms with Crippen molar-refractivity contribution >= 4 is 0 Å². The van der Waals surface area contributed by atoms with Crippen molar-refractivity contribution in [1.29, 1.82) is 0 Å². The molecule has 0 atom stereocenters. The molecule has 16 heavy (non-hydrogen) atoms. The Balaban J connectivity index is 2.34. The number of phenols is 1. The number of unbranched alkanes of at least 4 members (excludes halogenated alkanes) is 4. The number of benzene rings is 1. The number of hydrogen-bond acceptors (Lipinski definition) is 2. The molecule has 0 fully saturated rings. The second-order valence-electron chi connectivity index (χ2n) is 4.17. The van der Waals surface area contributed by atoms with Crippen molar-refractivity contribution in [3.8, 4) is 11.5 Å². The lowest BCUT2D eigenvalue weighted by Gasteiger charge is -2.06. The van der Waals surface area contributed by atoms with Crippen LogP contribution >= 0.6 is 0 Å². The number of aryl methyl sites for hydroxylation is 1. The molecule has 0 heterocycles. The summed E-state index contributed by atoms with van der Waals surface area (Å²) in [7, 11) is 1.57. The van der Waals surface area contributed by atoms with Crippen LogP contribution in [-0.2, 0) is 6.42 Å². The first-order valence-corrected chi connectivity index (χ1v) is 6.13. The molecule has 0 radical (unpaired) electrons. The molecule has 0 aromatic heterocycles. The summed E-state index contributed by atoms with van der Waals surface area (Å²) in [6, 6.07) is 5.66. The number of aromatic hydroxyl groups is 1. The van der Waals surface area contributed by atoms with E-state index >= 15 is 0 Å². The minimum Gasteiger partial charge on any atom is -0.504 e. The lowest BCUT2D eigenvalue weighted by atomic mass is 10.1. The summed E-state index contributed by atoms with van der Waals surface area (Å²) in [5.74, 6) is 0.795. The van der Waals surface area contributed by atoms with Crippen LogP contribution in [0.4, 0.5) is 0 Å². The molecule has 0 saturated carbocycles. The van der Waals surface area contributed by atoms with E-state index in [2.05, 4.69) is 6.92 Å². The molecule has 1 aromatic carbocycles. The monoisotopic (exact) mass is 222 g/mol. The number of rotatable bonds is 7. The average molecular weight is 222 g/mol. The van der Waals surface area contributed by atoms with Crippen LogP contribution in [0.3, 0.4) is 0 Å². The summed E-state index contributed by atoms with van der Waals surface area (Å²) < 4.78 is 5.01. The Kier molecular flexibility index (Phi) is 5.76. The van der Waals surface area contributed by atoms with E-state index in [0.717, 1.165) is 6.42 Å². The van der Waals surface area contributed by atoms with E-state index < -0.39 is 0 Å². The van der Waals surface area contributed by atoms with Crippen LogP contribution < -0.4 is 4.74 Å². The molecular weight excluding hydrogens is 200 g/mol. The van der Waals surface area contributed by atoms with Gasteiger partial charge in [-0.3, -0.25) is 0 Å². The molecule has 0 amide bonds. The van der Waals surface area contributed by atoms with Crippen LogP contribution in [0.2, 0.25) is 0 Å². The third-order valence-corrected chi connectivity index (χ3v) is 2.81. The second-order valence-corrected chi connectivity index (χ2v) is 4.17. The minimum atomic E-state index is 0.244. The zero-order valence-corrected chi connectivity index (χ0v) is 10.3. The molecule has 0 spiro atoms. The fourth-order valence-corrected chi connectivity index (χ4v) is 1.82. The molecule has 2 heteroatoms. The lowest BCUT2D eigenvalue weighted by molar-refractivity contribution is 0.373. The molecule has 1 N–H and O–H groups in total. The third-order valence-electron chi connectivity index (χ3n) is 2.81.